The molecule has 0 saturated heterocycles. The second kappa shape index (κ2) is 3.31. The molecule has 0 fully saturated rings. The van der Waals surface area contributed by atoms with Crippen LogP contribution in [0.25, 0.3) is 0 Å². The Morgan fingerprint density at radius 1 is 1.38 bits per heavy atom. The van der Waals surface area contributed by atoms with Gasteiger partial charge in [0.1, 0.15) is 6.07 Å². The molecule has 2 rings (SSSR count). The first-order valence-corrected chi connectivity index (χ1v) is 5.74. The summed E-state index contributed by atoms with van der Waals surface area (Å²) in [6, 6.07) is 2.06. The van der Waals surface area contributed by atoms with Gasteiger partial charge in [0.05, 0.1) is 5.57 Å². The van der Waals surface area contributed by atoms with Crippen LogP contribution >= 0.6 is 0 Å². The molecule has 0 saturated carbocycles. The number of nitriles is 1. The zero-order valence-electron chi connectivity index (χ0n) is 10.1. The maximum absolute atomic E-state index is 12.2. The Kier molecular flexibility index (Phi) is 2.31. The molecule has 84 valence electrons. The quantitative estimate of drug-likeness (QED) is 0.583. The van der Waals surface area contributed by atoms with Gasteiger partial charge in [0.15, 0.2) is 5.78 Å². The first-order valence-electron chi connectivity index (χ1n) is 5.74. The Labute approximate surface area is 96.6 Å². The molecular weight excluding hydrogens is 198 g/mol. The summed E-state index contributed by atoms with van der Waals surface area (Å²) in [5.41, 5.74) is -0.102. The van der Waals surface area contributed by atoms with Crippen molar-refractivity contribution in [1.29, 1.82) is 5.26 Å². The topological polar surface area (TPSA) is 40.9 Å². The van der Waals surface area contributed by atoms with Crippen molar-refractivity contribution in [2.45, 2.75) is 33.6 Å². The fourth-order valence-corrected chi connectivity index (χ4v) is 3.24. The molecule has 2 atom stereocenters. The number of rotatable bonds is 0. The third kappa shape index (κ3) is 1.35. The summed E-state index contributed by atoms with van der Waals surface area (Å²) in [7, 11) is 0. The van der Waals surface area contributed by atoms with Gasteiger partial charge >= 0.3 is 0 Å². The van der Waals surface area contributed by atoms with Gasteiger partial charge in [-0.3, -0.25) is 4.79 Å². The van der Waals surface area contributed by atoms with Crippen molar-refractivity contribution in [3.8, 4) is 6.07 Å². The lowest BCUT2D eigenvalue weighted by molar-refractivity contribution is -0.129. The van der Waals surface area contributed by atoms with E-state index < -0.39 is 5.41 Å². The summed E-state index contributed by atoms with van der Waals surface area (Å²) in [4.78, 5) is 12.2. The minimum atomic E-state index is -0.417. The first-order chi connectivity index (χ1) is 7.42. The molecular formula is C14H17NO. The van der Waals surface area contributed by atoms with Crippen LogP contribution in [0.5, 0.6) is 0 Å². The highest BCUT2D eigenvalue weighted by Crippen LogP contribution is 2.53. The fraction of sp³-hybridized carbons (Fsp3) is 0.571. The molecule has 16 heavy (non-hydrogen) atoms. The van der Waals surface area contributed by atoms with E-state index in [9.17, 15) is 4.79 Å². The monoisotopic (exact) mass is 215 g/mol. The van der Waals surface area contributed by atoms with Gasteiger partial charge in [-0.15, -0.1) is 0 Å². The smallest absolute Gasteiger partial charge is 0.178 e. The predicted octanol–water partition coefficient (Wildman–Crippen LogP) is 3.02. The number of hydrogen-bond acceptors (Lipinski definition) is 2. The summed E-state index contributed by atoms with van der Waals surface area (Å²) in [6.07, 6.45) is 8.08. The predicted molar refractivity (Wildman–Crippen MR) is 62.5 cm³/mol. The summed E-state index contributed by atoms with van der Waals surface area (Å²) < 4.78 is 0. The van der Waals surface area contributed by atoms with Crippen LogP contribution in [0.3, 0.4) is 0 Å². The molecule has 0 spiro atoms. The Morgan fingerprint density at radius 2 is 2.06 bits per heavy atom. The van der Waals surface area contributed by atoms with E-state index in [1.54, 1.807) is 0 Å². The number of Topliss-reactive ketones (excluding diaryl/α,β-unsaturated/α-hetero) is 1. The number of allylic oxidation sites excluding steroid dienone is 4. The van der Waals surface area contributed by atoms with Gasteiger partial charge in [0.2, 0.25) is 0 Å². The summed E-state index contributed by atoms with van der Waals surface area (Å²) >= 11 is 0. The maximum Gasteiger partial charge on any atom is 0.178 e. The average Bonchev–Trinajstić information content (AvgIpc) is 2.24. The maximum atomic E-state index is 12.2. The lowest BCUT2D eigenvalue weighted by atomic mass is 9.54. The third-order valence-electron chi connectivity index (χ3n) is 4.19. The number of ketones is 1. The largest absolute Gasteiger partial charge is 0.293 e. The molecule has 2 aliphatic rings. The van der Waals surface area contributed by atoms with Crippen LogP contribution in [-0.4, -0.2) is 5.78 Å². The van der Waals surface area contributed by atoms with Crippen molar-refractivity contribution in [2.24, 2.45) is 16.7 Å². The molecule has 0 unspecified atom stereocenters. The number of carbonyl (C=O) groups excluding carboxylic acids is 1. The summed E-state index contributed by atoms with van der Waals surface area (Å²) in [5, 5.41) is 9.04. The van der Waals surface area contributed by atoms with Gasteiger partial charge in [-0.05, 0) is 24.2 Å². The van der Waals surface area contributed by atoms with Gasteiger partial charge in [-0.25, -0.2) is 0 Å². The van der Waals surface area contributed by atoms with Crippen LogP contribution in [-0.2, 0) is 4.79 Å². The first kappa shape index (κ1) is 11.1. The molecule has 2 heteroatoms. The molecule has 0 aromatic heterocycles. The minimum Gasteiger partial charge on any atom is -0.293 e. The molecule has 0 radical (unpaired) electrons. The highest BCUT2D eigenvalue weighted by atomic mass is 16.1. The Bertz CT molecular complexity index is 436. The number of fused-ring (bicyclic) bond motifs is 1. The van der Waals surface area contributed by atoms with Gasteiger partial charge < -0.3 is 0 Å². The van der Waals surface area contributed by atoms with Gasteiger partial charge in [-0.1, -0.05) is 39.0 Å². The molecule has 0 aromatic rings. The van der Waals surface area contributed by atoms with Crippen LogP contribution in [0.1, 0.15) is 33.6 Å². The molecule has 2 nitrogen and oxygen atoms in total. The van der Waals surface area contributed by atoms with Gasteiger partial charge in [0, 0.05) is 5.41 Å². The lowest BCUT2D eigenvalue weighted by Crippen LogP contribution is -2.47. The summed E-state index contributed by atoms with van der Waals surface area (Å²) in [6.45, 7) is 6.11. The zero-order chi connectivity index (χ0) is 12.0. The molecule has 2 aliphatic carbocycles. The highest BCUT2D eigenvalue weighted by molar-refractivity contribution is 6.04. The van der Waals surface area contributed by atoms with Gasteiger partial charge in [-0.2, -0.15) is 5.26 Å². The lowest BCUT2D eigenvalue weighted by Gasteiger charge is -2.48. The van der Waals surface area contributed by atoms with E-state index in [-0.39, 0.29) is 11.2 Å². The Balaban J connectivity index is 2.58. The minimum absolute atomic E-state index is 0.00720. The van der Waals surface area contributed by atoms with Crippen molar-refractivity contribution in [3.05, 3.63) is 23.8 Å². The van der Waals surface area contributed by atoms with E-state index >= 15 is 0 Å². The van der Waals surface area contributed by atoms with Crippen LogP contribution in [0.2, 0.25) is 0 Å². The van der Waals surface area contributed by atoms with E-state index in [1.807, 2.05) is 19.9 Å². The van der Waals surface area contributed by atoms with E-state index in [0.717, 1.165) is 12.8 Å². The number of hydrogen-bond donors (Lipinski definition) is 0. The molecule has 0 bridgehead atoms. The molecule has 0 heterocycles. The standard InChI is InChI=1S/C14H17NO/c1-13(2)11-6-4-5-7-14(11,3)8-10(9-15)12(13)16/h4-5,8,11H,6-7H2,1-3H3/t11-,14-/m1/s1. The van der Waals surface area contributed by atoms with Crippen molar-refractivity contribution in [2.75, 3.05) is 0 Å². The average molecular weight is 215 g/mol. The Hall–Kier alpha value is -1.36. The third-order valence-corrected chi connectivity index (χ3v) is 4.19. The number of nitrogens with zero attached hydrogens (tertiary/aromatic N) is 1. The second-order valence-electron chi connectivity index (χ2n) is 5.69. The van der Waals surface area contributed by atoms with Crippen LogP contribution in [0, 0.1) is 28.1 Å². The van der Waals surface area contributed by atoms with Crippen molar-refractivity contribution >= 4 is 5.78 Å². The van der Waals surface area contributed by atoms with E-state index in [0.29, 0.717) is 11.5 Å². The fourth-order valence-electron chi connectivity index (χ4n) is 3.24. The normalized spacial score (nSPS) is 36.2. The van der Waals surface area contributed by atoms with Gasteiger partial charge in [0.25, 0.3) is 0 Å². The molecule has 0 aliphatic heterocycles. The second-order valence-corrected chi connectivity index (χ2v) is 5.69. The highest BCUT2D eigenvalue weighted by Gasteiger charge is 2.50. The van der Waals surface area contributed by atoms with E-state index in [1.165, 1.54) is 0 Å². The van der Waals surface area contributed by atoms with Crippen LogP contribution < -0.4 is 0 Å². The van der Waals surface area contributed by atoms with E-state index in [2.05, 4.69) is 25.1 Å². The van der Waals surface area contributed by atoms with Crippen LogP contribution in [0.4, 0.5) is 0 Å². The summed E-state index contributed by atoms with van der Waals surface area (Å²) in [5.74, 6) is 0.322. The number of carbonyl (C=O) groups is 1. The van der Waals surface area contributed by atoms with Crippen molar-refractivity contribution < 1.29 is 4.79 Å². The van der Waals surface area contributed by atoms with Crippen LogP contribution in [0.15, 0.2) is 23.8 Å². The van der Waals surface area contributed by atoms with Crippen molar-refractivity contribution in [1.82, 2.24) is 0 Å². The zero-order valence-corrected chi connectivity index (χ0v) is 10.1. The van der Waals surface area contributed by atoms with Crippen molar-refractivity contribution in [3.63, 3.8) is 0 Å². The SMILES string of the molecule is CC1(C)C(=O)C(C#N)=C[C@@]2(C)CC=CC[C@H]12. The Morgan fingerprint density at radius 3 is 2.69 bits per heavy atom. The molecule has 0 amide bonds. The molecule has 0 aromatic carbocycles. The molecule has 0 N–H and O–H groups in total. The van der Waals surface area contributed by atoms with E-state index in [4.69, 9.17) is 5.26 Å².